The van der Waals surface area contributed by atoms with Gasteiger partial charge in [-0.25, -0.2) is 4.98 Å². The topological polar surface area (TPSA) is 71.5 Å². The van der Waals surface area contributed by atoms with Gasteiger partial charge in [0.25, 0.3) is 0 Å². The Kier molecular flexibility index (Phi) is 6.04. The minimum absolute atomic E-state index is 0.120. The van der Waals surface area contributed by atoms with Crippen LogP contribution < -0.4 is 15.0 Å². The highest BCUT2D eigenvalue weighted by molar-refractivity contribution is 7.14. The van der Waals surface area contributed by atoms with E-state index < -0.39 is 0 Å². The van der Waals surface area contributed by atoms with Gasteiger partial charge in [0.2, 0.25) is 11.8 Å². The number of ether oxygens (including phenoxy) is 1. The van der Waals surface area contributed by atoms with Gasteiger partial charge in [0.15, 0.2) is 5.13 Å². The number of benzene rings is 2. The van der Waals surface area contributed by atoms with Gasteiger partial charge in [0.05, 0.1) is 19.2 Å². The normalized spacial score (nSPS) is 14.9. The second-order valence-electron chi connectivity index (χ2n) is 7.63. The van der Waals surface area contributed by atoms with Crippen LogP contribution in [0.1, 0.15) is 31.4 Å². The summed E-state index contributed by atoms with van der Waals surface area (Å²) in [6, 6.07) is 13.7. The second-order valence-corrected chi connectivity index (χ2v) is 8.49. The third-order valence-electron chi connectivity index (χ3n) is 5.41. The maximum atomic E-state index is 12.4. The average molecular weight is 436 g/mol. The number of anilines is 2. The summed E-state index contributed by atoms with van der Waals surface area (Å²) < 4.78 is 5.21. The van der Waals surface area contributed by atoms with E-state index in [1.807, 2.05) is 53.6 Å². The van der Waals surface area contributed by atoms with E-state index in [-0.39, 0.29) is 24.3 Å². The standard InChI is InChI=1S/C24H25N3O3S/c1-4-23(29)27-15(2)10-18-13-17(8-9-21(18)27)20-14-31-24(25-20)26-22(28)12-16-6-5-7-19(11-16)30-3/h5-9,11,13-15H,4,10,12H2,1-3H3,(H,25,26,28)/t15-/m1/s1. The number of fused-ring (bicyclic) bond motifs is 1. The summed E-state index contributed by atoms with van der Waals surface area (Å²) in [5.74, 6) is 0.756. The van der Waals surface area contributed by atoms with E-state index in [0.717, 1.165) is 40.2 Å². The number of hydrogen-bond donors (Lipinski definition) is 1. The van der Waals surface area contributed by atoms with Crippen LogP contribution in [0.2, 0.25) is 0 Å². The molecule has 0 bridgehead atoms. The van der Waals surface area contributed by atoms with Gasteiger partial charge in [-0.05, 0) is 48.7 Å². The van der Waals surface area contributed by atoms with Crippen molar-refractivity contribution in [1.29, 1.82) is 0 Å². The Labute approximate surface area is 185 Å². The van der Waals surface area contributed by atoms with Gasteiger partial charge < -0.3 is 15.0 Å². The van der Waals surface area contributed by atoms with Crippen molar-refractivity contribution in [3.63, 3.8) is 0 Å². The van der Waals surface area contributed by atoms with Crippen molar-refractivity contribution < 1.29 is 14.3 Å². The molecule has 0 unspecified atom stereocenters. The zero-order valence-corrected chi connectivity index (χ0v) is 18.7. The molecule has 0 fully saturated rings. The van der Waals surface area contributed by atoms with Crippen LogP contribution in [0.25, 0.3) is 11.3 Å². The summed E-state index contributed by atoms with van der Waals surface area (Å²) in [6.45, 7) is 3.97. The van der Waals surface area contributed by atoms with Crippen LogP contribution in [0, 0.1) is 0 Å². The zero-order chi connectivity index (χ0) is 22.0. The lowest BCUT2D eigenvalue weighted by Gasteiger charge is -2.22. The second kappa shape index (κ2) is 8.89. The number of nitrogens with zero attached hydrogens (tertiary/aromatic N) is 2. The molecule has 1 aromatic heterocycles. The molecule has 1 aliphatic rings. The minimum atomic E-state index is -0.120. The van der Waals surface area contributed by atoms with Crippen molar-refractivity contribution in [2.24, 2.45) is 0 Å². The first-order valence-corrected chi connectivity index (χ1v) is 11.2. The lowest BCUT2D eigenvalue weighted by molar-refractivity contribution is -0.118. The van der Waals surface area contributed by atoms with Crippen molar-refractivity contribution in [2.75, 3.05) is 17.3 Å². The number of carbonyl (C=O) groups excluding carboxylic acids is 2. The molecule has 1 atom stereocenters. The Morgan fingerprint density at radius 1 is 1.26 bits per heavy atom. The Morgan fingerprint density at radius 3 is 2.87 bits per heavy atom. The van der Waals surface area contributed by atoms with E-state index in [2.05, 4.69) is 23.3 Å². The Hall–Kier alpha value is -3.19. The molecule has 2 heterocycles. The van der Waals surface area contributed by atoms with Crippen LogP contribution >= 0.6 is 11.3 Å². The highest BCUT2D eigenvalue weighted by Crippen LogP contribution is 2.36. The maximum Gasteiger partial charge on any atom is 0.230 e. The number of rotatable bonds is 6. The summed E-state index contributed by atoms with van der Waals surface area (Å²) in [7, 11) is 1.61. The van der Waals surface area contributed by atoms with Crippen molar-refractivity contribution in [2.45, 2.75) is 39.2 Å². The van der Waals surface area contributed by atoms with E-state index in [9.17, 15) is 9.59 Å². The van der Waals surface area contributed by atoms with Gasteiger partial charge >= 0.3 is 0 Å². The predicted octanol–water partition coefficient (Wildman–Crippen LogP) is 4.69. The summed E-state index contributed by atoms with van der Waals surface area (Å²) >= 11 is 1.40. The van der Waals surface area contributed by atoms with Crippen LogP contribution in [0.4, 0.5) is 10.8 Å². The first-order valence-electron chi connectivity index (χ1n) is 10.3. The fourth-order valence-electron chi connectivity index (χ4n) is 3.94. The van der Waals surface area contributed by atoms with Gasteiger partial charge in [-0.2, -0.15) is 0 Å². The first kappa shape index (κ1) is 21.1. The largest absolute Gasteiger partial charge is 0.497 e. The van der Waals surface area contributed by atoms with Crippen LogP contribution in [0.3, 0.4) is 0 Å². The minimum Gasteiger partial charge on any atom is -0.497 e. The molecule has 1 aliphatic heterocycles. The molecular formula is C24H25N3O3S. The predicted molar refractivity (Wildman–Crippen MR) is 124 cm³/mol. The lowest BCUT2D eigenvalue weighted by atomic mass is 10.1. The van der Waals surface area contributed by atoms with Gasteiger partial charge in [-0.3, -0.25) is 9.59 Å². The first-order chi connectivity index (χ1) is 15.0. The number of amides is 2. The monoisotopic (exact) mass is 435 g/mol. The fourth-order valence-corrected chi connectivity index (χ4v) is 4.67. The van der Waals surface area contributed by atoms with Crippen molar-refractivity contribution in [1.82, 2.24) is 4.98 Å². The summed E-state index contributed by atoms with van der Waals surface area (Å²) in [5.41, 5.74) is 4.83. The lowest BCUT2D eigenvalue weighted by Crippen LogP contribution is -2.35. The summed E-state index contributed by atoms with van der Waals surface area (Å²) in [4.78, 5) is 31.2. The van der Waals surface area contributed by atoms with Crippen LogP contribution in [-0.2, 0) is 22.4 Å². The molecule has 4 rings (SSSR count). The highest BCUT2D eigenvalue weighted by atomic mass is 32.1. The summed E-state index contributed by atoms with van der Waals surface area (Å²) in [6.07, 6.45) is 1.59. The molecule has 0 spiro atoms. The molecular weight excluding hydrogens is 410 g/mol. The van der Waals surface area contributed by atoms with E-state index in [1.54, 1.807) is 7.11 Å². The number of carbonyl (C=O) groups is 2. The number of methoxy groups -OCH3 is 1. The van der Waals surface area contributed by atoms with Gasteiger partial charge in [-0.1, -0.05) is 25.1 Å². The molecule has 6 nitrogen and oxygen atoms in total. The number of nitrogens with one attached hydrogen (secondary N) is 1. The molecule has 2 amide bonds. The molecule has 160 valence electrons. The van der Waals surface area contributed by atoms with Gasteiger partial charge in [-0.15, -0.1) is 11.3 Å². The maximum absolute atomic E-state index is 12.4. The number of hydrogen-bond acceptors (Lipinski definition) is 5. The Balaban J connectivity index is 1.46. The van der Waals surface area contributed by atoms with E-state index >= 15 is 0 Å². The van der Waals surface area contributed by atoms with Crippen LogP contribution in [-0.4, -0.2) is 29.9 Å². The quantitative estimate of drug-likeness (QED) is 0.610. The van der Waals surface area contributed by atoms with Crippen LogP contribution in [0.15, 0.2) is 47.8 Å². The third-order valence-corrected chi connectivity index (χ3v) is 6.17. The molecule has 1 N–H and O–H groups in total. The van der Waals surface area contributed by atoms with Gasteiger partial charge in [0, 0.05) is 29.1 Å². The molecule has 0 saturated heterocycles. The molecule has 0 saturated carbocycles. The Bertz CT molecular complexity index is 1120. The highest BCUT2D eigenvalue weighted by Gasteiger charge is 2.30. The van der Waals surface area contributed by atoms with Crippen molar-refractivity contribution >= 4 is 34.0 Å². The molecule has 0 aliphatic carbocycles. The van der Waals surface area contributed by atoms with Crippen LogP contribution in [0.5, 0.6) is 5.75 Å². The van der Waals surface area contributed by atoms with Gasteiger partial charge in [0.1, 0.15) is 5.75 Å². The SMILES string of the molecule is CCC(=O)N1c2ccc(-c3csc(NC(=O)Cc4cccc(OC)c4)n3)cc2C[C@H]1C. The third kappa shape index (κ3) is 4.46. The molecule has 7 heteroatoms. The fraction of sp³-hybridized carbons (Fsp3) is 0.292. The molecule has 3 aromatic rings. The summed E-state index contributed by atoms with van der Waals surface area (Å²) in [5, 5.41) is 5.39. The molecule has 31 heavy (non-hydrogen) atoms. The number of aromatic nitrogens is 1. The Morgan fingerprint density at radius 2 is 2.10 bits per heavy atom. The zero-order valence-electron chi connectivity index (χ0n) is 17.8. The van der Waals surface area contributed by atoms with Crippen molar-refractivity contribution in [3.05, 3.63) is 59.0 Å². The number of thiazole rings is 1. The average Bonchev–Trinajstić information content (AvgIpc) is 3.36. The van der Waals surface area contributed by atoms with E-state index in [4.69, 9.17) is 4.74 Å². The van der Waals surface area contributed by atoms with Crippen molar-refractivity contribution in [3.8, 4) is 17.0 Å². The van der Waals surface area contributed by atoms with E-state index in [0.29, 0.717) is 11.6 Å². The smallest absolute Gasteiger partial charge is 0.230 e. The molecule has 0 radical (unpaired) electrons. The molecule has 2 aromatic carbocycles. The van der Waals surface area contributed by atoms with E-state index in [1.165, 1.54) is 11.3 Å².